The zero-order chi connectivity index (χ0) is 20.6. The summed E-state index contributed by atoms with van der Waals surface area (Å²) >= 11 is 1.70. The first-order chi connectivity index (χ1) is 15.4. The fraction of sp³-hybridized carbons (Fsp3) is 0.217. The zero-order valence-electron chi connectivity index (χ0n) is 16.7. The molecule has 3 aromatic heterocycles. The van der Waals surface area contributed by atoms with Crippen molar-refractivity contribution in [3.05, 3.63) is 72.3 Å². The van der Waals surface area contributed by atoms with Gasteiger partial charge in [0.15, 0.2) is 17.6 Å². The van der Waals surface area contributed by atoms with Crippen molar-refractivity contribution < 1.29 is 4.74 Å². The Labute approximate surface area is 182 Å². The van der Waals surface area contributed by atoms with Crippen LogP contribution < -0.4 is 9.64 Å². The number of benzene rings is 2. The number of H-pyrrole nitrogens is 1. The highest BCUT2D eigenvalue weighted by Gasteiger charge is 2.38. The predicted octanol–water partition coefficient (Wildman–Crippen LogP) is 4.75. The zero-order valence-corrected chi connectivity index (χ0v) is 17.5. The number of para-hydroxylation sites is 2. The average molecular weight is 429 g/mol. The Morgan fingerprint density at radius 3 is 2.81 bits per heavy atom. The summed E-state index contributed by atoms with van der Waals surface area (Å²) in [7, 11) is 0. The SMILES string of the molecule is c1ccc(OC(c2nc3ccccc3s2)[C@H]2CCCN2c2ncnc3[nH]cnc23)cc1. The molecule has 1 aliphatic heterocycles. The minimum atomic E-state index is -0.216. The first-order valence-electron chi connectivity index (χ1n) is 10.3. The van der Waals surface area contributed by atoms with Crippen LogP contribution in [-0.2, 0) is 0 Å². The van der Waals surface area contributed by atoms with E-state index in [1.807, 2.05) is 36.4 Å². The van der Waals surface area contributed by atoms with Crippen molar-refractivity contribution in [2.24, 2.45) is 0 Å². The number of imidazole rings is 1. The number of anilines is 1. The average Bonchev–Trinajstić information content (AvgIpc) is 3.57. The lowest BCUT2D eigenvalue weighted by Gasteiger charge is -2.31. The van der Waals surface area contributed by atoms with E-state index in [0.29, 0.717) is 0 Å². The van der Waals surface area contributed by atoms with Crippen LogP contribution in [0.3, 0.4) is 0 Å². The third-order valence-electron chi connectivity index (χ3n) is 5.68. The Kier molecular flexibility index (Phi) is 4.49. The van der Waals surface area contributed by atoms with Gasteiger partial charge in [0, 0.05) is 6.54 Å². The van der Waals surface area contributed by atoms with Gasteiger partial charge in [-0.3, -0.25) is 0 Å². The molecule has 0 amide bonds. The van der Waals surface area contributed by atoms with Gasteiger partial charge in [0.25, 0.3) is 0 Å². The van der Waals surface area contributed by atoms with Gasteiger partial charge in [-0.2, -0.15) is 0 Å². The third kappa shape index (κ3) is 3.29. The minimum Gasteiger partial charge on any atom is -0.481 e. The Hall–Kier alpha value is -3.52. The van der Waals surface area contributed by atoms with Gasteiger partial charge in [-0.15, -0.1) is 11.3 Å². The van der Waals surface area contributed by atoms with Crippen molar-refractivity contribution in [1.82, 2.24) is 24.9 Å². The second-order valence-corrected chi connectivity index (χ2v) is 8.63. The largest absolute Gasteiger partial charge is 0.481 e. The van der Waals surface area contributed by atoms with Gasteiger partial charge in [0.05, 0.1) is 22.6 Å². The summed E-state index contributed by atoms with van der Waals surface area (Å²) in [4.78, 5) is 23.7. The number of nitrogens with zero attached hydrogens (tertiary/aromatic N) is 5. The number of hydrogen-bond donors (Lipinski definition) is 1. The van der Waals surface area contributed by atoms with Gasteiger partial charge >= 0.3 is 0 Å². The number of nitrogens with one attached hydrogen (secondary N) is 1. The Morgan fingerprint density at radius 2 is 1.90 bits per heavy atom. The highest BCUT2D eigenvalue weighted by molar-refractivity contribution is 7.18. The second kappa shape index (κ2) is 7.63. The molecule has 31 heavy (non-hydrogen) atoms. The van der Waals surface area contributed by atoms with Crippen molar-refractivity contribution in [1.29, 1.82) is 0 Å². The van der Waals surface area contributed by atoms with Crippen LogP contribution in [0.4, 0.5) is 5.82 Å². The van der Waals surface area contributed by atoms with Gasteiger partial charge in [-0.05, 0) is 37.1 Å². The maximum absolute atomic E-state index is 6.59. The van der Waals surface area contributed by atoms with E-state index in [0.717, 1.165) is 52.6 Å². The van der Waals surface area contributed by atoms with Gasteiger partial charge in [-0.1, -0.05) is 30.3 Å². The maximum atomic E-state index is 6.59. The molecule has 7 nitrogen and oxygen atoms in total. The van der Waals surface area contributed by atoms with Crippen molar-refractivity contribution in [2.45, 2.75) is 25.0 Å². The minimum absolute atomic E-state index is 0.0931. The number of thiazole rings is 1. The smallest absolute Gasteiger partial charge is 0.170 e. The molecule has 0 aliphatic carbocycles. The van der Waals surface area contributed by atoms with Crippen LogP contribution >= 0.6 is 11.3 Å². The first-order valence-corrected chi connectivity index (χ1v) is 11.2. The van der Waals surface area contributed by atoms with Crippen molar-refractivity contribution in [3.8, 4) is 5.75 Å². The second-order valence-electron chi connectivity index (χ2n) is 7.57. The Morgan fingerprint density at radius 1 is 1.03 bits per heavy atom. The lowest BCUT2D eigenvalue weighted by atomic mass is 10.1. The predicted molar refractivity (Wildman–Crippen MR) is 121 cm³/mol. The molecule has 8 heteroatoms. The molecule has 1 unspecified atom stereocenters. The van der Waals surface area contributed by atoms with E-state index >= 15 is 0 Å². The van der Waals surface area contributed by atoms with Crippen molar-refractivity contribution >= 4 is 38.5 Å². The highest BCUT2D eigenvalue weighted by atomic mass is 32.1. The summed E-state index contributed by atoms with van der Waals surface area (Å²) in [6, 6.07) is 18.3. The van der Waals surface area contributed by atoms with E-state index in [1.165, 1.54) is 4.70 Å². The molecule has 1 aliphatic rings. The van der Waals surface area contributed by atoms with Crippen LogP contribution in [0.2, 0.25) is 0 Å². The van der Waals surface area contributed by atoms with Crippen LogP contribution in [0.25, 0.3) is 21.4 Å². The molecule has 0 saturated carbocycles. The van der Waals surface area contributed by atoms with Crippen LogP contribution in [0.15, 0.2) is 67.3 Å². The normalized spacial score (nSPS) is 17.4. The molecule has 1 N–H and O–H groups in total. The summed E-state index contributed by atoms with van der Waals surface area (Å²) in [6.07, 6.45) is 5.09. The Bertz CT molecular complexity index is 1300. The molecule has 0 spiro atoms. The lowest BCUT2D eigenvalue weighted by Crippen LogP contribution is -2.37. The molecule has 4 heterocycles. The maximum Gasteiger partial charge on any atom is 0.170 e. The third-order valence-corrected chi connectivity index (χ3v) is 6.78. The summed E-state index contributed by atoms with van der Waals surface area (Å²) in [5.41, 5.74) is 2.54. The quantitative estimate of drug-likeness (QED) is 0.435. The van der Waals surface area contributed by atoms with E-state index in [4.69, 9.17) is 9.72 Å². The molecule has 2 aromatic carbocycles. The molecule has 1 fully saturated rings. The standard InChI is InChI=1S/C23H20N6OS/c1-2-7-15(8-3-1)30-20(23-28-16-9-4-5-11-18(16)31-23)17-10-6-12-29(17)22-19-21(25-13-24-19)26-14-27-22/h1-5,7-9,11,13-14,17,20H,6,10,12H2,(H,24,25,26,27)/t17-,20?/m1/s1. The summed E-state index contributed by atoms with van der Waals surface area (Å²) in [5.74, 6) is 1.68. The molecule has 2 atom stereocenters. The van der Waals surface area contributed by atoms with Crippen LogP contribution in [0.1, 0.15) is 24.0 Å². The van der Waals surface area contributed by atoms with E-state index in [1.54, 1.807) is 24.0 Å². The van der Waals surface area contributed by atoms with E-state index in [2.05, 4.69) is 43.0 Å². The first kappa shape index (κ1) is 18.3. The highest BCUT2D eigenvalue weighted by Crippen LogP contribution is 2.39. The molecular formula is C23H20N6OS. The van der Waals surface area contributed by atoms with Gasteiger partial charge in [0.2, 0.25) is 0 Å². The lowest BCUT2D eigenvalue weighted by molar-refractivity contribution is 0.173. The Balaban J connectivity index is 1.44. The molecule has 5 aromatic rings. The number of fused-ring (bicyclic) bond motifs is 2. The number of hydrogen-bond acceptors (Lipinski definition) is 7. The van der Waals surface area contributed by atoms with E-state index in [9.17, 15) is 0 Å². The molecular weight excluding hydrogens is 408 g/mol. The van der Waals surface area contributed by atoms with Gasteiger partial charge in [0.1, 0.15) is 22.6 Å². The van der Waals surface area contributed by atoms with Crippen molar-refractivity contribution in [3.63, 3.8) is 0 Å². The fourth-order valence-corrected chi connectivity index (χ4v) is 5.34. The van der Waals surface area contributed by atoms with Crippen LogP contribution in [0, 0.1) is 0 Å². The number of aromatic amines is 1. The van der Waals surface area contributed by atoms with Crippen LogP contribution in [-0.4, -0.2) is 37.5 Å². The van der Waals surface area contributed by atoms with E-state index < -0.39 is 0 Å². The topological polar surface area (TPSA) is 79.8 Å². The van der Waals surface area contributed by atoms with Gasteiger partial charge in [-0.25, -0.2) is 19.9 Å². The molecule has 154 valence electrons. The number of rotatable bonds is 5. The van der Waals surface area contributed by atoms with E-state index in [-0.39, 0.29) is 12.1 Å². The van der Waals surface area contributed by atoms with Gasteiger partial charge < -0.3 is 14.6 Å². The number of aromatic nitrogens is 5. The van der Waals surface area contributed by atoms with Crippen molar-refractivity contribution in [2.75, 3.05) is 11.4 Å². The molecule has 6 rings (SSSR count). The molecule has 0 bridgehead atoms. The fourth-order valence-electron chi connectivity index (χ4n) is 4.28. The number of ether oxygens (including phenoxy) is 1. The summed E-state index contributed by atoms with van der Waals surface area (Å²) in [6.45, 7) is 0.892. The monoisotopic (exact) mass is 428 g/mol. The molecule has 0 radical (unpaired) electrons. The summed E-state index contributed by atoms with van der Waals surface area (Å²) < 4.78 is 7.76. The summed E-state index contributed by atoms with van der Waals surface area (Å²) in [5, 5.41) is 0.981. The molecule has 1 saturated heterocycles. The van der Waals surface area contributed by atoms with Crippen LogP contribution in [0.5, 0.6) is 5.75 Å².